The Morgan fingerprint density at radius 1 is 1.69 bits per heavy atom. The number of aromatic nitrogens is 4. The number of tetrazole rings is 1. The van der Waals surface area contributed by atoms with Crippen molar-refractivity contribution in [1.82, 2.24) is 20.2 Å². The summed E-state index contributed by atoms with van der Waals surface area (Å²) >= 11 is 1.46. The first-order valence-electron chi connectivity index (χ1n) is 3.77. The molecule has 0 fully saturated rings. The van der Waals surface area contributed by atoms with E-state index in [4.69, 9.17) is 5.11 Å². The van der Waals surface area contributed by atoms with Crippen LogP contribution in [0, 0.1) is 0 Å². The van der Waals surface area contributed by atoms with Crippen LogP contribution in [0.2, 0.25) is 0 Å². The van der Waals surface area contributed by atoms with Crippen LogP contribution in [0.15, 0.2) is 5.16 Å². The second kappa shape index (κ2) is 4.80. The molecule has 0 saturated carbocycles. The van der Waals surface area contributed by atoms with Crippen molar-refractivity contribution in [1.29, 1.82) is 0 Å². The van der Waals surface area contributed by atoms with E-state index in [2.05, 4.69) is 15.5 Å². The maximum atomic E-state index is 10.2. The lowest BCUT2D eigenvalue weighted by molar-refractivity contribution is -0.137. The zero-order valence-corrected chi connectivity index (χ0v) is 7.99. The minimum Gasteiger partial charge on any atom is -0.481 e. The molecule has 7 heteroatoms. The van der Waals surface area contributed by atoms with Crippen molar-refractivity contribution in [3.63, 3.8) is 0 Å². The highest BCUT2D eigenvalue weighted by Gasteiger charge is 2.03. The molecule has 1 heterocycles. The zero-order valence-electron chi connectivity index (χ0n) is 7.17. The maximum absolute atomic E-state index is 10.2. The fraction of sp³-hybridized carbons (Fsp3) is 0.667. The molecule has 0 radical (unpaired) electrons. The average molecular weight is 202 g/mol. The van der Waals surface area contributed by atoms with Crippen LogP contribution < -0.4 is 0 Å². The molecule has 1 aromatic rings. The van der Waals surface area contributed by atoms with Gasteiger partial charge in [-0.25, -0.2) is 4.68 Å². The summed E-state index contributed by atoms with van der Waals surface area (Å²) in [5, 5.41) is 19.9. The molecule has 6 nitrogen and oxygen atoms in total. The van der Waals surface area contributed by atoms with Crippen molar-refractivity contribution in [3.05, 3.63) is 0 Å². The van der Waals surface area contributed by atoms with Crippen LogP contribution >= 0.6 is 11.8 Å². The molecular weight excluding hydrogens is 192 g/mol. The summed E-state index contributed by atoms with van der Waals surface area (Å²) in [6.07, 6.45) is 0.825. The van der Waals surface area contributed by atoms with Gasteiger partial charge in [0, 0.05) is 19.2 Å². The molecule has 0 aromatic carbocycles. The van der Waals surface area contributed by atoms with Gasteiger partial charge in [0.15, 0.2) is 0 Å². The molecule has 72 valence electrons. The Labute approximate surface area is 79.3 Å². The molecule has 0 aliphatic carbocycles. The summed E-state index contributed by atoms with van der Waals surface area (Å²) in [6, 6.07) is 0. The van der Waals surface area contributed by atoms with Crippen molar-refractivity contribution in [2.24, 2.45) is 7.05 Å². The Morgan fingerprint density at radius 2 is 2.46 bits per heavy atom. The number of hydrogen-bond donors (Lipinski definition) is 1. The summed E-state index contributed by atoms with van der Waals surface area (Å²) in [4.78, 5) is 10.2. The van der Waals surface area contributed by atoms with Gasteiger partial charge in [-0.3, -0.25) is 4.79 Å². The highest BCUT2D eigenvalue weighted by Crippen LogP contribution is 2.13. The molecule has 0 aliphatic rings. The van der Waals surface area contributed by atoms with Crippen molar-refractivity contribution < 1.29 is 9.90 Å². The third-order valence-corrected chi connectivity index (χ3v) is 2.44. The number of rotatable bonds is 5. The van der Waals surface area contributed by atoms with Gasteiger partial charge in [-0.05, 0) is 16.8 Å². The predicted molar refractivity (Wildman–Crippen MR) is 46.4 cm³/mol. The van der Waals surface area contributed by atoms with Crippen molar-refractivity contribution in [3.8, 4) is 0 Å². The molecule has 1 aromatic heterocycles. The number of carboxylic acids is 1. The topological polar surface area (TPSA) is 80.9 Å². The van der Waals surface area contributed by atoms with Crippen LogP contribution in [0.4, 0.5) is 0 Å². The molecule has 0 amide bonds. The van der Waals surface area contributed by atoms with E-state index >= 15 is 0 Å². The number of thioether (sulfide) groups is 1. The van der Waals surface area contributed by atoms with Crippen LogP contribution in [-0.4, -0.2) is 37.0 Å². The fourth-order valence-corrected chi connectivity index (χ4v) is 1.52. The largest absolute Gasteiger partial charge is 0.481 e. The number of aliphatic carboxylic acids is 1. The molecule has 0 aliphatic heterocycles. The summed E-state index contributed by atoms with van der Waals surface area (Å²) in [7, 11) is 1.75. The minimum absolute atomic E-state index is 0.193. The molecule has 1 N–H and O–H groups in total. The quantitative estimate of drug-likeness (QED) is 0.541. The normalized spacial score (nSPS) is 10.2. The van der Waals surface area contributed by atoms with Gasteiger partial charge >= 0.3 is 5.97 Å². The third kappa shape index (κ3) is 3.41. The van der Waals surface area contributed by atoms with Crippen molar-refractivity contribution >= 4 is 17.7 Å². The second-order valence-corrected chi connectivity index (χ2v) is 3.49. The van der Waals surface area contributed by atoms with Gasteiger partial charge in [0.25, 0.3) is 0 Å². The van der Waals surface area contributed by atoms with E-state index in [0.717, 1.165) is 5.75 Å². The van der Waals surface area contributed by atoms with Gasteiger partial charge in [-0.2, -0.15) is 0 Å². The molecule has 1 rings (SSSR count). The highest BCUT2D eigenvalue weighted by molar-refractivity contribution is 7.99. The van der Waals surface area contributed by atoms with Gasteiger partial charge in [0.2, 0.25) is 5.16 Å². The van der Waals surface area contributed by atoms with E-state index in [1.165, 1.54) is 11.8 Å². The highest BCUT2D eigenvalue weighted by atomic mass is 32.2. The third-order valence-electron chi connectivity index (χ3n) is 1.35. The fourth-order valence-electron chi connectivity index (χ4n) is 0.730. The summed E-state index contributed by atoms with van der Waals surface area (Å²) < 4.78 is 1.56. The van der Waals surface area contributed by atoms with Crippen LogP contribution in [-0.2, 0) is 11.8 Å². The SMILES string of the molecule is Cn1nnnc1SCCCC(=O)O. The van der Waals surface area contributed by atoms with Gasteiger partial charge < -0.3 is 5.11 Å². The van der Waals surface area contributed by atoms with E-state index in [0.29, 0.717) is 11.6 Å². The number of carbonyl (C=O) groups is 1. The second-order valence-electron chi connectivity index (χ2n) is 2.43. The Morgan fingerprint density at radius 3 is 3.00 bits per heavy atom. The van der Waals surface area contributed by atoms with E-state index in [1.54, 1.807) is 11.7 Å². The minimum atomic E-state index is -0.767. The first-order valence-corrected chi connectivity index (χ1v) is 4.75. The first kappa shape index (κ1) is 9.97. The average Bonchev–Trinajstić information content (AvgIpc) is 2.45. The molecule has 0 unspecified atom stereocenters. The monoisotopic (exact) mass is 202 g/mol. The van der Waals surface area contributed by atoms with Crippen molar-refractivity contribution in [2.45, 2.75) is 18.0 Å². The van der Waals surface area contributed by atoms with Gasteiger partial charge in [-0.1, -0.05) is 11.8 Å². The van der Waals surface area contributed by atoms with Crippen LogP contribution in [0.1, 0.15) is 12.8 Å². The summed E-state index contributed by atoms with van der Waals surface area (Å²) in [6.45, 7) is 0. The van der Waals surface area contributed by atoms with E-state index < -0.39 is 5.97 Å². The number of carboxylic acid groups (broad SMARTS) is 1. The molecular formula is C6H10N4O2S. The smallest absolute Gasteiger partial charge is 0.303 e. The Bertz CT molecular complexity index is 288. The molecule has 0 bridgehead atoms. The molecule has 13 heavy (non-hydrogen) atoms. The Hall–Kier alpha value is -1.11. The van der Waals surface area contributed by atoms with Crippen LogP contribution in [0.25, 0.3) is 0 Å². The Balaban J connectivity index is 2.20. The number of nitrogens with zero attached hydrogens (tertiary/aromatic N) is 4. The van der Waals surface area contributed by atoms with Gasteiger partial charge in [-0.15, -0.1) is 5.10 Å². The summed E-state index contributed by atoms with van der Waals surface area (Å²) in [5.74, 6) is -0.0442. The van der Waals surface area contributed by atoms with Gasteiger partial charge in [0.05, 0.1) is 0 Å². The predicted octanol–water partition coefficient (Wildman–Crippen LogP) is 0.167. The molecule has 0 spiro atoms. The molecule has 0 atom stereocenters. The molecule has 0 saturated heterocycles. The summed E-state index contributed by atoms with van der Waals surface area (Å²) in [5.41, 5.74) is 0. The van der Waals surface area contributed by atoms with E-state index in [9.17, 15) is 4.79 Å². The van der Waals surface area contributed by atoms with Crippen LogP contribution in [0.3, 0.4) is 0 Å². The maximum Gasteiger partial charge on any atom is 0.303 e. The zero-order chi connectivity index (χ0) is 9.68. The van der Waals surface area contributed by atoms with E-state index in [-0.39, 0.29) is 6.42 Å². The Kier molecular flexibility index (Phi) is 3.69. The van der Waals surface area contributed by atoms with Gasteiger partial charge in [0.1, 0.15) is 0 Å². The lowest BCUT2D eigenvalue weighted by Gasteiger charge is -1.96. The van der Waals surface area contributed by atoms with Crippen molar-refractivity contribution in [2.75, 3.05) is 5.75 Å². The van der Waals surface area contributed by atoms with Crippen LogP contribution in [0.5, 0.6) is 0 Å². The number of aryl methyl sites for hydroxylation is 1. The lowest BCUT2D eigenvalue weighted by atomic mass is 10.3. The van der Waals surface area contributed by atoms with E-state index in [1.807, 2.05) is 0 Å². The number of hydrogen-bond acceptors (Lipinski definition) is 5. The first-order chi connectivity index (χ1) is 6.20. The lowest BCUT2D eigenvalue weighted by Crippen LogP contribution is -1.97. The standard InChI is InChI=1S/C6H10N4O2S/c1-10-6(7-8-9-10)13-4-2-3-5(11)12/h2-4H2,1H3,(H,11,12).